The van der Waals surface area contributed by atoms with Crippen LogP contribution >= 0.6 is 11.8 Å². The van der Waals surface area contributed by atoms with Gasteiger partial charge in [0.25, 0.3) is 0 Å². The first kappa shape index (κ1) is 15.2. The molecule has 0 aromatic heterocycles. The van der Waals surface area contributed by atoms with Crippen molar-refractivity contribution >= 4 is 23.4 Å². The van der Waals surface area contributed by atoms with Gasteiger partial charge in [0.15, 0.2) is 5.79 Å². The molecule has 0 radical (unpaired) electrons. The van der Waals surface area contributed by atoms with Gasteiger partial charge in [0.05, 0.1) is 25.0 Å². The number of carbonyl (C=O) groups is 1. The standard InChI is InChI=1S/C14H20N2O3S/c1-14(2)18-7-10(8-19-14)16-11-5-3-4-6-12(11)20-9-13(15)17/h3-6,10,16H,7-9H2,1-2H3,(H2,15,17). The highest BCUT2D eigenvalue weighted by atomic mass is 32.2. The van der Waals surface area contributed by atoms with Crippen molar-refractivity contribution in [1.82, 2.24) is 0 Å². The van der Waals surface area contributed by atoms with Gasteiger partial charge in [0.2, 0.25) is 5.91 Å². The van der Waals surface area contributed by atoms with Crippen LogP contribution in [0.3, 0.4) is 0 Å². The van der Waals surface area contributed by atoms with E-state index in [-0.39, 0.29) is 17.7 Å². The molecule has 1 heterocycles. The van der Waals surface area contributed by atoms with Crippen molar-refractivity contribution in [1.29, 1.82) is 0 Å². The lowest BCUT2D eigenvalue weighted by atomic mass is 10.2. The summed E-state index contributed by atoms with van der Waals surface area (Å²) < 4.78 is 11.2. The zero-order valence-corrected chi connectivity index (χ0v) is 12.5. The largest absolute Gasteiger partial charge is 0.377 e. The summed E-state index contributed by atoms with van der Waals surface area (Å²) in [6.45, 7) is 4.98. The number of hydrogen-bond donors (Lipinski definition) is 2. The summed E-state index contributed by atoms with van der Waals surface area (Å²) in [4.78, 5) is 11.9. The number of nitrogens with one attached hydrogen (secondary N) is 1. The lowest BCUT2D eigenvalue weighted by molar-refractivity contribution is -0.247. The molecular formula is C14H20N2O3S. The van der Waals surface area contributed by atoms with Crippen molar-refractivity contribution < 1.29 is 14.3 Å². The third-order valence-electron chi connectivity index (χ3n) is 2.88. The Bertz CT molecular complexity index is 469. The molecule has 0 bridgehead atoms. The maximum atomic E-state index is 10.9. The molecule has 20 heavy (non-hydrogen) atoms. The summed E-state index contributed by atoms with van der Waals surface area (Å²) in [6, 6.07) is 7.92. The van der Waals surface area contributed by atoms with Gasteiger partial charge in [-0.3, -0.25) is 4.79 Å². The second-order valence-corrected chi connectivity index (χ2v) is 6.13. The molecule has 3 N–H and O–H groups in total. The zero-order valence-electron chi connectivity index (χ0n) is 11.7. The van der Waals surface area contributed by atoms with Crippen LogP contribution in [0.15, 0.2) is 29.2 Å². The van der Waals surface area contributed by atoms with Gasteiger partial charge in [-0.1, -0.05) is 12.1 Å². The van der Waals surface area contributed by atoms with E-state index in [4.69, 9.17) is 15.2 Å². The third kappa shape index (κ3) is 4.40. The zero-order chi connectivity index (χ0) is 14.6. The number of nitrogens with two attached hydrogens (primary N) is 1. The van der Waals surface area contributed by atoms with Gasteiger partial charge in [-0.25, -0.2) is 0 Å². The fourth-order valence-corrected chi connectivity index (χ4v) is 2.61. The first-order chi connectivity index (χ1) is 9.46. The van der Waals surface area contributed by atoms with Gasteiger partial charge >= 0.3 is 0 Å². The summed E-state index contributed by atoms with van der Waals surface area (Å²) in [5.41, 5.74) is 6.15. The van der Waals surface area contributed by atoms with Gasteiger partial charge < -0.3 is 20.5 Å². The number of hydrogen-bond acceptors (Lipinski definition) is 5. The average molecular weight is 296 g/mol. The minimum Gasteiger partial charge on any atom is -0.377 e. The number of benzene rings is 1. The van der Waals surface area contributed by atoms with Crippen molar-refractivity contribution in [2.75, 3.05) is 24.3 Å². The SMILES string of the molecule is CC1(C)OCC(Nc2ccccc2SCC(N)=O)CO1. The van der Waals surface area contributed by atoms with Crippen LogP contribution in [-0.2, 0) is 14.3 Å². The molecule has 1 aromatic rings. The highest BCUT2D eigenvalue weighted by molar-refractivity contribution is 8.00. The monoisotopic (exact) mass is 296 g/mol. The highest BCUT2D eigenvalue weighted by Crippen LogP contribution is 2.28. The second-order valence-electron chi connectivity index (χ2n) is 5.11. The quantitative estimate of drug-likeness (QED) is 0.811. The maximum absolute atomic E-state index is 10.9. The summed E-state index contributed by atoms with van der Waals surface area (Å²) in [5, 5.41) is 3.39. The van der Waals surface area contributed by atoms with Gasteiger partial charge in [0.1, 0.15) is 0 Å². The van der Waals surface area contributed by atoms with E-state index in [0.717, 1.165) is 10.6 Å². The van der Waals surface area contributed by atoms with E-state index in [1.165, 1.54) is 11.8 Å². The lowest BCUT2D eigenvalue weighted by Gasteiger charge is -2.35. The first-order valence-corrected chi connectivity index (χ1v) is 7.49. The van der Waals surface area contributed by atoms with Crippen LogP contribution in [0.25, 0.3) is 0 Å². The molecule has 1 fully saturated rings. The van der Waals surface area contributed by atoms with Gasteiger partial charge in [-0.2, -0.15) is 0 Å². The molecule has 0 saturated carbocycles. The van der Waals surface area contributed by atoms with E-state index in [1.54, 1.807) is 0 Å². The molecule has 1 aromatic carbocycles. The minimum absolute atomic E-state index is 0.0957. The third-order valence-corrected chi connectivity index (χ3v) is 3.98. The van der Waals surface area contributed by atoms with Crippen LogP contribution in [0.2, 0.25) is 0 Å². The number of ether oxygens (including phenoxy) is 2. The van der Waals surface area contributed by atoms with Crippen LogP contribution < -0.4 is 11.1 Å². The number of para-hydroxylation sites is 1. The number of rotatable bonds is 5. The number of anilines is 1. The van der Waals surface area contributed by atoms with Crippen LogP contribution in [0, 0.1) is 0 Å². The molecule has 0 aliphatic carbocycles. The molecule has 1 amide bonds. The highest BCUT2D eigenvalue weighted by Gasteiger charge is 2.28. The summed E-state index contributed by atoms with van der Waals surface area (Å²) in [5.74, 6) is -0.571. The Morgan fingerprint density at radius 1 is 1.40 bits per heavy atom. The van der Waals surface area contributed by atoms with Crippen LogP contribution in [-0.4, -0.2) is 36.7 Å². The Kier molecular flexibility index (Phi) is 4.91. The van der Waals surface area contributed by atoms with Gasteiger partial charge in [-0.15, -0.1) is 11.8 Å². The molecule has 0 atom stereocenters. The second kappa shape index (κ2) is 6.47. The smallest absolute Gasteiger partial charge is 0.227 e. The summed E-state index contributed by atoms with van der Waals surface area (Å²) in [6.07, 6.45) is 0. The first-order valence-electron chi connectivity index (χ1n) is 6.51. The summed E-state index contributed by atoms with van der Waals surface area (Å²) >= 11 is 1.42. The van der Waals surface area contributed by atoms with E-state index < -0.39 is 5.79 Å². The van der Waals surface area contributed by atoms with E-state index in [1.807, 2.05) is 38.1 Å². The summed E-state index contributed by atoms with van der Waals surface area (Å²) in [7, 11) is 0. The maximum Gasteiger partial charge on any atom is 0.227 e. The molecule has 1 saturated heterocycles. The van der Waals surface area contributed by atoms with Crippen LogP contribution in [0.1, 0.15) is 13.8 Å². The van der Waals surface area contributed by atoms with E-state index in [0.29, 0.717) is 13.2 Å². The Hall–Kier alpha value is -1.24. The lowest BCUT2D eigenvalue weighted by Crippen LogP contribution is -2.45. The molecule has 2 rings (SSSR count). The van der Waals surface area contributed by atoms with Crippen molar-refractivity contribution in [3.8, 4) is 0 Å². The Labute approximate surface area is 123 Å². The van der Waals surface area contributed by atoms with E-state index in [2.05, 4.69) is 5.32 Å². The van der Waals surface area contributed by atoms with Crippen molar-refractivity contribution in [2.45, 2.75) is 30.6 Å². The van der Waals surface area contributed by atoms with Gasteiger partial charge in [-0.05, 0) is 26.0 Å². The molecule has 0 spiro atoms. The molecule has 1 aliphatic heterocycles. The molecular weight excluding hydrogens is 276 g/mol. The average Bonchev–Trinajstić information content (AvgIpc) is 2.40. The number of amides is 1. The van der Waals surface area contributed by atoms with E-state index in [9.17, 15) is 4.79 Å². The predicted molar refractivity (Wildman–Crippen MR) is 79.8 cm³/mol. The molecule has 110 valence electrons. The predicted octanol–water partition coefficient (Wildman–Crippen LogP) is 1.83. The Morgan fingerprint density at radius 3 is 2.70 bits per heavy atom. The minimum atomic E-state index is -0.515. The van der Waals surface area contributed by atoms with Crippen molar-refractivity contribution in [3.63, 3.8) is 0 Å². The van der Waals surface area contributed by atoms with Crippen LogP contribution in [0.4, 0.5) is 5.69 Å². The van der Waals surface area contributed by atoms with Gasteiger partial charge in [0, 0.05) is 10.6 Å². The number of primary amides is 1. The van der Waals surface area contributed by atoms with Crippen molar-refractivity contribution in [3.05, 3.63) is 24.3 Å². The Morgan fingerprint density at radius 2 is 2.05 bits per heavy atom. The number of thioether (sulfide) groups is 1. The number of carbonyl (C=O) groups excluding carboxylic acids is 1. The fourth-order valence-electron chi connectivity index (χ4n) is 1.86. The molecule has 1 aliphatic rings. The van der Waals surface area contributed by atoms with Crippen LogP contribution in [0.5, 0.6) is 0 Å². The fraction of sp³-hybridized carbons (Fsp3) is 0.500. The molecule has 0 unspecified atom stereocenters. The molecule has 6 heteroatoms. The Balaban J connectivity index is 1.97. The normalized spacial score (nSPS) is 18.7. The topological polar surface area (TPSA) is 73.6 Å². The van der Waals surface area contributed by atoms with E-state index >= 15 is 0 Å². The molecule has 5 nitrogen and oxygen atoms in total. The van der Waals surface area contributed by atoms with Crippen molar-refractivity contribution in [2.24, 2.45) is 5.73 Å².